The van der Waals surface area contributed by atoms with Gasteiger partial charge >= 0.3 is 0 Å². The van der Waals surface area contributed by atoms with Crippen LogP contribution in [0, 0.1) is 39.9 Å². The normalized spacial score (nSPS) is 55.6. The maximum Gasteiger partial charge on any atom is -0.00755 e. The maximum atomic E-state index is 2.71. The Kier molecular flexibility index (Phi) is 2.49. The van der Waals surface area contributed by atoms with E-state index in [9.17, 15) is 0 Å². The van der Waals surface area contributed by atoms with E-state index in [1.54, 1.807) is 0 Å². The van der Waals surface area contributed by atoms with Gasteiger partial charge in [0.2, 0.25) is 0 Å². The van der Waals surface area contributed by atoms with Crippen molar-refractivity contribution in [3.8, 4) is 0 Å². The van der Waals surface area contributed by atoms with Crippen molar-refractivity contribution in [2.75, 3.05) is 0 Å². The Bertz CT molecular complexity index is 588. The molecule has 0 aromatic carbocycles. The molecule has 3 fully saturated rings. The van der Waals surface area contributed by atoms with Gasteiger partial charge in [0, 0.05) is 0 Å². The highest BCUT2D eigenvalue weighted by atomic mass is 14.6. The largest absolute Gasteiger partial charge is 0.0848 e. The fourth-order valence-electron chi connectivity index (χ4n) is 7.94. The van der Waals surface area contributed by atoms with Crippen molar-refractivity contribution in [1.29, 1.82) is 0 Å². The third kappa shape index (κ3) is 1.73. The van der Waals surface area contributed by atoms with E-state index in [0.717, 1.165) is 23.7 Å². The molecule has 0 saturated heterocycles. The van der Waals surface area contributed by atoms with Crippen LogP contribution in [-0.4, -0.2) is 0 Å². The molecule has 0 amide bonds. The van der Waals surface area contributed by atoms with Gasteiger partial charge < -0.3 is 0 Å². The summed E-state index contributed by atoms with van der Waals surface area (Å²) < 4.78 is 0. The smallest absolute Gasteiger partial charge is 0.00755 e. The highest BCUT2D eigenvalue weighted by Gasteiger charge is 2.58. The first-order chi connectivity index (χ1) is 11.2. The fraction of sp³-hybridized carbons (Fsp3) is 0.739. The van der Waals surface area contributed by atoms with Gasteiger partial charge in [-0.15, -0.1) is 0 Å². The van der Waals surface area contributed by atoms with Crippen LogP contribution >= 0.6 is 0 Å². The summed E-state index contributed by atoms with van der Waals surface area (Å²) >= 11 is 0. The van der Waals surface area contributed by atoms with Gasteiger partial charge in [0.1, 0.15) is 0 Å². The molecule has 0 heteroatoms. The van der Waals surface area contributed by atoms with Crippen molar-refractivity contribution in [3.63, 3.8) is 0 Å². The topological polar surface area (TPSA) is 0 Å². The quantitative estimate of drug-likeness (QED) is 0.554. The van der Waals surface area contributed by atoms with E-state index in [0.29, 0.717) is 16.2 Å². The zero-order valence-electron chi connectivity index (χ0n) is 14.3. The summed E-state index contributed by atoms with van der Waals surface area (Å²) in [7, 11) is 0. The zero-order chi connectivity index (χ0) is 15.1. The summed E-state index contributed by atoms with van der Waals surface area (Å²) in [4.78, 5) is 0. The number of hydrogen-bond donors (Lipinski definition) is 0. The Morgan fingerprint density at radius 3 is 1.61 bits per heavy atom. The van der Waals surface area contributed by atoms with Crippen LogP contribution in [0.5, 0.6) is 0 Å². The predicted molar refractivity (Wildman–Crippen MR) is 94.8 cm³/mol. The van der Waals surface area contributed by atoms with Gasteiger partial charge in [0.15, 0.2) is 0 Å². The molecule has 6 unspecified atom stereocenters. The predicted octanol–water partition coefficient (Wildman–Crippen LogP) is 6.06. The molecule has 6 rings (SSSR count). The van der Waals surface area contributed by atoms with Crippen LogP contribution in [0.4, 0.5) is 0 Å². The van der Waals surface area contributed by atoms with Gasteiger partial charge in [-0.05, 0) is 104 Å². The molecule has 6 aliphatic rings. The minimum atomic E-state index is 0.567. The molecule has 6 aliphatic carbocycles. The van der Waals surface area contributed by atoms with E-state index in [-0.39, 0.29) is 0 Å². The van der Waals surface area contributed by atoms with Gasteiger partial charge in [0.25, 0.3) is 0 Å². The maximum absolute atomic E-state index is 2.71. The lowest BCUT2D eigenvalue weighted by atomic mass is 9.56. The lowest BCUT2D eigenvalue weighted by molar-refractivity contribution is 0.0617. The summed E-state index contributed by atoms with van der Waals surface area (Å²) in [6, 6.07) is 0. The summed E-state index contributed by atoms with van der Waals surface area (Å²) in [6.45, 7) is 0. The van der Waals surface area contributed by atoms with Crippen molar-refractivity contribution >= 4 is 0 Å². The van der Waals surface area contributed by atoms with Gasteiger partial charge in [0.05, 0.1) is 0 Å². The first-order valence-electron chi connectivity index (χ1n) is 10.3. The molecule has 0 nitrogen and oxygen atoms in total. The Hall–Kier alpha value is -0.780. The van der Waals surface area contributed by atoms with E-state index < -0.39 is 0 Å². The number of fused-ring (bicyclic) bond motifs is 6. The zero-order valence-corrected chi connectivity index (χ0v) is 14.3. The second-order valence-electron chi connectivity index (χ2n) is 10.2. The van der Waals surface area contributed by atoms with Crippen LogP contribution in [0.3, 0.4) is 0 Å². The number of allylic oxidation sites excluding steroid dienone is 6. The van der Waals surface area contributed by atoms with Crippen molar-refractivity contribution in [2.45, 2.75) is 64.2 Å². The lowest BCUT2D eigenvalue weighted by Crippen LogP contribution is -2.40. The average Bonchev–Trinajstić information content (AvgIpc) is 3.42. The molecule has 3 saturated carbocycles. The van der Waals surface area contributed by atoms with Crippen LogP contribution in [0.1, 0.15) is 64.2 Å². The van der Waals surface area contributed by atoms with Gasteiger partial charge in [-0.2, -0.15) is 0 Å². The Morgan fingerprint density at radius 2 is 1.26 bits per heavy atom. The van der Waals surface area contributed by atoms with Gasteiger partial charge in [-0.3, -0.25) is 0 Å². The second-order valence-corrected chi connectivity index (χ2v) is 10.2. The molecule has 6 atom stereocenters. The second kappa shape index (κ2) is 4.24. The summed E-state index contributed by atoms with van der Waals surface area (Å²) in [5, 5.41) is 0. The minimum Gasteiger partial charge on any atom is -0.0848 e. The lowest BCUT2D eigenvalue weighted by Gasteiger charge is -2.48. The molecular formula is C23H30. The van der Waals surface area contributed by atoms with Crippen LogP contribution < -0.4 is 0 Å². The Labute approximate surface area is 141 Å². The standard InChI is InChI=1S/C23H30/c1-7-21(8-2-17(1)13-21)16-20(22-9-3-18(14-22)4-10-22)23-11-5-19(15-23)6-12-23/h1,3,5,7,9,11,17-20H,2,4,6,8,10,12-16H2. The first-order valence-corrected chi connectivity index (χ1v) is 10.3. The monoisotopic (exact) mass is 306 g/mol. The highest BCUT2D eigenvalue weighted by molar-refractivity contribution is 5.28. The van der Waals surface area contributed by atoms with Crippen LogP contribution in [-0.2, 0) is 0 Å². The van der Waals surface area contributed by atoms with Crippen molar-refractivity contribution in [3.05, 3.63) is 36.5 Å². The fourth-order valence-corrected chi connectivity index (χ4v) is 7.94. The molecule has 0 spiro atoms. The molecule has 0 N–H and O–H groups in total. The molecule has 0 aromatic rings. The average molecular weight is 306 g/mol. The summed E-state index contributed by atoms with van der Waals surface area (Å²) in [6.07, 6.45) is 30.7. The third-order valence-corrected chi connectivity index (χ3v) is 9.05. The molecular weight excluding hydrogens is 276 g/mol. The van der Waals surface area contributed by atoms with E-state index in [2.05, 4.69) is 36.5 Å². The number of hydrogen-bond acceptors (Lipinski definition) is 0. The third-order valence-electron chi connectivity index (χ3n) is 9.05. The molecule has 122 valence electrons. The number of rotatable bonds is 4. The molecule has 0 heterocycles. The minimum absolute atomic E-state index is 0.567. The van der Waals surface area contributed by atoms with E-state index in [1.165, 1.54) is 64.2 Å². The molecule has 0 aromatic heterocycles. The summed E-state index contributed by atoms with van der Waals surface area (Å²) in [5.41, 5.74) is 1.72. The van der Waals surface area contributed by atoms with Crippen LogP contribution in [0.2, 0.25) is 0 Å². The first kappa shape index (κ1) is 13.5. The van der Waals surface area contributed by atoms with E-state index in [4.69, 9.17) is 0 Å². The molecule has 6 bridgehead atoms. The summed E-state index contributed by atoms with van der Waals surface area (Å²) in [5.74, 6) is 3.69. The highest BCUT2D eigenvalue weighted by Crippen LogP contribution is 2.68. The Balaban J connectivity index is 1.40. The van der Waals surface area contributed by atoms with Gasteiger partial charge in [-0.1, -0.05) is 36.5 Å². The molecule has 0 aliphatic heterocycles. The van der Waals surface area contributed by atoms with Crippen LogP contribution in [0.25, 0.3) is 0 Å². The van der Waals surface area contributed by atoms with Crippen molar-refractivity contribution in [1.82, 2.24) is 0 Å². The SMILES string of the molecule is C1=CC2(CC(C34C=CC(CC3)C4)C34C=CC(CC3)C4)CCC1C2. The molecule has 0 radical (unpaired) electrons. The molecule has 23 heavy (non-hydrogen) atoms. The van der Waals surface area contributed by atoms with E-state index >= 15 is 0 Å². The van der Waals surface area contributed by atoms with Crippen molar-refractivity contribution in [2.24, 2.45) is 39.9 Å². The van der Waals surface area contributed by atoms with Gasteiger partial charge in [-0.25, -0.2) is 0 Å². The van der Waals surface area contributed by atoms with Crippen LogP contribution in [0.15, 0.2) is 36.5 Å². The van der Waals surface area contributed by atoms with Crippen molar-refractivity contribution < 1.29 is 0 Å². The Morgan fingerprint density at radius 1 is 0.696 bits per heavy atom. The van der Waals surface area contributed by atoms with E-state index in [1.807, 2.05) is 0 Å².